The molecule has 0 radical (unpaired) electrons. The van der Waals surface area contributed by atoms with Gasteiger partial charge in [0, 0.05) is 30.4 Å². The van der Waals surface area contributed by atoms with Gasteiger partial charge in [0.2, 0.25) is 15.9 Å². The van der Waals surface area contributed by atoms with E-state index in [4.69, 9.17) is 0 Å². The smallest absolute Gasteiger partial charge is 0.292 e. The van der Waals surface area contributed by atoms with E-state index in [1.54, 1.807) is 49.4 Å². The lowest BCUT2D eigenvalue weighted by atomic mass is 10.2. The number of rotatable bonds is 10. The topological polar surface area (TPSA) is 130 Å². The molecule has 3 N–H and O–H groups in total. The van der Waals surface area contributed by atoms with E-state index in [1.165, 1.54) is 6.07 Å². The van der Waals surface area contributed by atoms with Gasteiger partial charge in [-0.3, -0.25) is 19.6 Å². The lowest BCUT2D eigenvalue weighted by molar-refractivity contribution is -0.384. The third-order valence-corrected chi connectivity index (χ3v) is 5.18. The molecule has 1 amide bonds. The van der Waals surface area contributed by atoms with Crippen LogP contribution in [0.3, 0.4) is 0 Å². The Hall–Kier alpha value is -3.14. The molecule has 0 fully saturated rings. The first-order valence-electron chi connectivity index (χ1n) is 8.68. The van der Waals surface area contributed by atoms with Crippen molar-refractivity contribution in [2.24, 2.45) is 0 Å². The van der Waals surface area contributed by atoms with Crippen LogP contribution >= 0.6 is 0 Å². The van der Waals surface area contributed by atoms with Gasteiger partial charge in [-0.15, -0.1) is 0 Å². The van der Waals surface area contributed by atoms with Crippen molar-refractivity contribution < 1.29 is 18.1 Å². The Kier molecular flexibility index (Phi) is 7.33. The predicted molar refractivity (Wildman–Crippen MR) is 109 cm³/mol. The van der Waals surface area contributed by atoms with Crippen LogP contribution < -0.4 is 15.4 Å². The van der Waals surface area contributed by atoms with E-state index in [9.17, 15) is 23.3 Å². The molecule has 0 aliphatic heterocycles. The van der Waals surface area contributed by atoms with Crippen LogP contribution in [0.15, 0.2) is 48.5 Å². The van der Waals surface area contributed by atoms with Crippen molar-refractivity contribution in [3.8, 4) is 0 Å². The monoisotopic (exact) mass is 406 g/mol. The fourth-order valence-corrected chi connectivity index (χ4v) is 3.57. The first kappa shape index (κ1) is 21.2. The van der Waals surface area contributed by atoms with E-state index in [0.717, 1.165) is 0 Å². The number of nitrogens with one attached hydrogen (secondary N) is 3. The Morgan fingerprint density at radius 2 is 1.71 bits per heavy atom. The maximum atomic E-state index is 12.0. The number of hydrogen-bond acceptors (Lipinski definition) is 6. The first-order chi connectivity index (χ1) is 13.3. The summed E-state index contributed by atoms with van der Waals surface area (Å²) in [5.41, 5.74) is 1.24. The molecule has 0 aromatic heterocycles. The lowest BCUT2D eigenvalue weighted by Crippen LogP contribution is -2.17. The molecule has 9 nitrogen and oxygen atoms in total. The minimum Gasteiger partial charge on any atom is -0.379 e. The Morgan fingerprint density at radius 1 is 1.07 bits per heavy atom. The second-order valence-corrected chi connectivity index (χ2v) is 7.84. The minimum atomic E-state index is -3.36. The molecule has 2 aromatic carbocycles. The van der Waals surface area contributed by atoms with Gasteiger partial charge in [0.05, 0.1) is 10.7 Å². The van der Waals surface area contributed by atoms with Gasteiger partial charge in [-0.1, -0.05) is 19.1 Å². The molecule has 10 heteroatoms. The summed E-state index contributed by atoms with van der Waals surface area (Å²) >= 11 is 0. The van der Waals surface area contributed by atoms with Gasteiger partial charge in [-0.25, -0.2) is 8.42 Å². The average molecular weight is 406 g/mol. The maximum Gasteiger partial charge on any atom is 0.292 e. The van der Waals surface area contributed by atoms with Crippen LogP contribution in [0, 0.1) is 10.1 Å². The molecule has 0 unspecified atom stereocenters. The summed E-state index contributed by atoms with van der Waals surface area (Å²) in [7, 11) is -3.36. The maximum absolute atomic E-state index is 12.0. The largest absolute Gasteiger partial charge is 0.379 e. The van der Waals surface area contributed by atoms with Gasteiger partial charge in [0.1, 0.15) is 5.69 Å². The minimum absolute atomic E-state index is 0.0397. The predicted octanol–water partition coefficient (Wildman–Crippen LogP) is 3.19. The van der Waals surface area contributed by atoms with E-state index in [2.05, 4.69) is 15.4 Å². The highest BCUT2D eigenvalue weighted by Crippen LogP contribution is 2.23. The van der Waals surface area contributed by atoms with Crippen LogP contribution in [0.5, 0.6) is 0 Å². The number of carbonyl (C=O) groups is 1. The molecule has 0 bridgehead atoms. The molecule has 0 atom stereocenters. The van der Waals surface area contributed by atoms with Crippen LogP contribution in [0.1, 0.15) is 19.8 Å². The second-order valence-electron chi connectivity index (χ2n) is 6.00. The van der Waals surface area contributed by atoms with Crippen molar-refractivity contribution in [2.75, 3.05) is 27.7 Å². The van der Waals surface area contributed by atoms with Crippen molar-refractivity contribution in [3.05, 3.63) is 58.6 Å². The number of nitro benzene ring substituents is 1. The number of benzene rings is 2. The van der Waals surface area contributed by atoms with E-state index < -0.39 is 14.9 Å². The number of anilines is 3. The summed E-state index contributed by atoms with van der Waals surface area (Å²) < 4.78 is 25.9. The fraction of sp³-hybridized carbons (Fsp3) is 0.278. The zero-order valence-electron chi connectivity index (χ0n) is 15.3. The van der Waals surface area contributed by atoms with Crippen LogP contribution in [0.25, 0.3) is 0 Å². The fourth-order valence-electron chi connectivity index (χ4n) is 2.44. The van der Waals surface area contributed by atoms with E-state index in [-0.39, 0.29) is 30.3 Å². The van der Waals surface area contributed by atoms with Crippen LogP contribution in [-0.4, -0.2) is 31.5 Å². The SMILES string of the molecule is CCCS(=O)(=O)Nc1ccc(NC(=O)CCNc2ccccc2[N+](=O)[O-])cc1. The number of carbonyl (C=O) groups excluding carboxylic acids is 1. The van der Waals surface area contributed by atoms with Crippen molar-refractivity contribution >= 4 is 38.7 Å². The normalized spacial score (nSPS) is 10.9. The van der Waals surface area contributed by atoms with Crippen LogP contribution in [0.2, 0.25) is 0 Å². The van der Waals surface area contributed by atoms with Crippen molar-refractivity contribution in [1.29, 1.82) is 0 Å². The van der Waals surface area contributed by atoms with Crippen molar-refractivity contribution in [3.63, 3.8) is 0 Å². The number of hydrogen-bond donors (Lipinski definition) is 3. The summed E-state index contributed by atoms with van der Waals surface area (Å²) in [6.07, 6.45) is 0.626. The van der Waals surface area contributed by atoms with Gasteiger partial charge < -0.3 is 10.6 Å². The number of sulfonamides is 1. The highest BCUT2D eigenvalue weighted by atomic mass is 32.2. The summed E-state index contributed by atoms with van der Waals surface area (Å²) in [5, 5.41) is 16.5. The number of nitrogens with zero attached hydrogens (tertiary/aromatic N) is 1. The zero-order valence-corrected chi connectivity index (χ0v) is 16.2. The summed E-state index contributed by atoms with van der Waals surface area (Å²) in [6.45, 7) is 2.01. The van der Waals surface area contributed by atoms with Crippen molar-refractivity contribution in [1.82, 2.24) is 0 Å². The molecule has 0 spiro atoms. The van der Waals surface area contributed by atoms with Crippen LogP contribution in [0.4, 0.5) is 22.7 Å². The number of nitro groups is 1. The van der Waals surface area contributed by atoms with E-state index >= 15 is 0 Å². The average Bonchev–Trinajstić information content (AvgIpc) is 2.63. The summed E-state index contributed by atoms with van der Waals surface area (Å²) in [6, 6.07) is 12.5. The highest BCUT2D eigenvalue weighted by Gasteiger charge is 2.12. The number of amides is 1. The van der Waals surface area contributed by atoms with Gasteiger partial charge in [-0.2, -0.15) is 0 Å². The Labute approximate surface area is 163 Å². The van der Waals surface area contributed by atoms with Crippen molar-refractivity contribution in [2.45, 2.75) is 19.8 Å². The van der Waals surface area contributed by atoms with Gasteiger partial charge in [0.25, 0.3) is 5.69 Å². The molecule has 150 valence electrons. The third-order valence-electron chi connectivity index (χ3n) is 3.68. The molecule has 0 aliphatic rings. The molecule has 0 aliphatic carbocycles. The summed E-state index contributed by atoms with van der Waals surface area (Å²) in [4.78, 5) is 22.5. The van der Waals surface area contributed by atoms with Gasteiger partial charge in [0.15, 0.2) is 0 Å². The second kappa shape index (κ2) is 9.70. The third kappa shape index (κ3) is 6.54. The quantitative estimate of drug-likeness (QED) is 0.410. The van der Waals surface area contributed by atoms with E-state index in [0.29, 0.717) is 23.5 Å². The standard InChI is InChI=1S/C18H22N4O5S/c1-2-13-28(26,27)21-15-9-7-14(8-10-15)20-18(23)11-12-19-16-5-3-4-6-17(16)22(24)25/h3-10,19,21H,2,11-13H2,1H3,(H,20,23). The first-order valence-corrected chi connectivity index (χ1v) is 10.3. The Balaban J connectivity index is 1.84. The van der Waals surface area contributed by atoms with Crippen LogP contribution in [-0.2, 0) is 14.8 Å². The Morgan fingerprint density at radius 3 is 2.36 bits per heavy atom. The van der Waals surface area contributed by atoms with E-state index in [1.807, 2.05) is 0 Å². The zero-order chi connectivity index (χ0) is 20.6. The molecule has 28 heavy (non-hydrogen) atoms. The lowest BCUT2D eigenvalue weighted by Gasteiger charge is -2.10. The molecule has 0 saturated heterocycles. The Bertz CT molecular complexity index is 929. The van der Waals surface area contributed by atoms with Gasteiger partial charge >= 0.3 is 0 Å². The molecule has 0 heterocycles. The molecule has 2 rings (SSSR count). The van der Waals surface area contributed by atoms with Gasteiger partial charge in [-0.05, 0) is 36.8 Å². The summed E-state index contributed by atoms with van der Waals surface area (Å²) in [5.74, 6) is -0.233. The molecular weight excluding hydrogens is 384 g/mol. The number of para-hydroxylation sites is 2. The molecule has 0 saturated carbocycles. The molecular formula is C18H22N4O5S. The highest BCUT2D eigenvalue weighted by molar-refractivity contribution is 7.92. The molecule has 2 aromatic rings.